The number of alkyl halides is 2. The number of thiazole rings is 2. The van der Waals surface area contributed by atoms with Crippen LogP contribution in [0.4, 0.5) is 24.4 Å². The van der Waals surface area contributed by atoms with E-state index in [2.05, 4.69) is 53.1 Å². The van der Waals surface area contributed by atoms with Crippen molar-refractivity contribution in [2.75, 3.05) is 117 Å². The number of benzene rings is 3. The first kappa shape index (κ1) is 65.3. The molecule has 3 N–H and O–H groups in total. The van der Waals surface area contributed by atoms with Crippen LogP contribution in [0, 0.1) is 6.92 Å². The molecule has 3 aromatic carbocycles. The Bertz CT molecular complexity index is 3050. The average molecular weight is 1250 g/mol. The summed E-state index contributed by atoms with van der Waals surface area (Å²) >= 11 is 8.64. The number of ether oxygens (including phenoxy) is 5. The van der Waals surface area contributed by atoms with E-state index in [1.165, 1.54) is 27.6 Å². The molecule has 4 heterocycles. The lowest BCUT2D eigenvalue weighted by molar-refractivity contribution is -0.164. The second kappa shape index (κ2) is 33.4. The highest BCUT2D eigenvalue weighted by molar-refractivity contribution is 7.14. The normalized spacial score (nSPS) is 14.6. The number of halogens is 3. The van der Waals surface area contributed by atoms with Gasteiger partial charge >= 0.3 is 6.03 Å². The predicted molar refractivity (Wildman–Crippen MR) is 325 cm³/mol. The van der Waals surface area contributed by atoms with Crippen molar-refractivity contribution in [3.63, 3.8) is 0 Å². The molecule has 0 radical (unpaired) electrons. The number of hydrogen-bond donors (Lipinski definition) is 3. The fourth-order valence-electron chi connectivity index (χ4n) is 9.52. The molecular weight excluding hydrogens is 1170 g/mol. The second-order valence-corrected chi connectivity index (χ2v) is 23.6. The van der Waals surface area contributed by atoms with Gasteiger partial charge in [-0.3, -0.25) is 19.7 Å². The molecule has 1 atom stereocenters. The summed E-state index contributed by atoms with van der Waals surface area (Å²) in [7, 11) is 4.11. The van der Waals surface area contributed by atoms with Crippen LogP contribution in [0.2, 0.25) is 5.02 Å². The van der Waals surface area contributed by atoms with Gasteiger partial charge in [0.15, 0.2) is 11.2 Å². The number of nitrogens with one attached hydrogen (secondary N) is 3. The number of rotatable bonds is 35. The number of aryl methyl sites for hydroxylation is 2. The van der Waals surface area contributed by atoms with Crippen LogP contribution >= 0.6 is 34.3 Å². The lowest BCUT2D eigenvalue weighted by Crippen LogP contribution is -2.56. The Balaban J connectivity index is 0.610. The first-order chi connectivity index (χ1) is 41.6. The first-order valence-electron chi connectivity index (χ1n) is 29.0. The highest BCUT2D eigenvalue weighted by Crippen LogP contribution is 2.44. The van der Waals surface area contributed by atoms with Crippen LogP contribution < -0.4 is 25.4 Å². The molecule has 0 bridgehead atoms. The maximum Gasteiger partial charge on any atom is 0.325 e. The fraction of sp³-hybridized carbons (Fsp3) is 0.500. The second-order valence-electron chi connectivity index (χ2n) is 21.3. The molecule has 2 aliphatic rings. The Labute approximate surface area is 513 Å². The lowest BCUT2D eigenvalue weighted by atomic mass is 9.85. The van der Waals surface area contributed by atoms with Crippen molar-refractivity contribution in [3.8, 4) is 11.5 Å². The predicted octanol–water partition coefficient (Wildman–Crippen LogP) is 8.19. The molecule has 1 saturated heterocycles. The largest absolute Gasteiger partial charge is 0.494 e. The summed E-state index contributed by atoms with van der Waals surface area (Å²) in [4.78, 5) is 69.6. The number of piperazine rings is 1. The van der Waals surface area contributed by atoms with E-state index in [9.17, 15) is 28.0 Å². The number of amides is 5. The molecule has 464 valence electrons. The molecule has 1 saturated carbocycles. The molecule has 6 aromatic rings. The third-order valence-electron chi connectivity index (χ3n) is 14.4. The van der Waals surface area contributed by atoms with E-state index in [1.54, 1.807) is 70.9 Å². The van der Waals surface area contributed by atoms with Gasteiger partial charge in [0.25, 0.3) is 5.92 Å². The van der Waals surface area contributed by atoms with Gasteiger partial charge < -0.3 is 53.9 Å². The van der Waals surface area contributed by atoms with Crippen LogP contribution in [0.1, 0.15) is 71.4 Å². The van der Waals surface area contributed by atoms with Crippen molar-refractivity contribution in [1.82, 2.24) is 49.9 Å². The van der Waals surface area contributed by atoms with Crippen LogP contribution in [-0.2, 0) is 60.9 Å². The highest BCUT2D eigenvalue weighted by Gasteiger charge is 2.52. The van der Waals surface area contributed by atoms with Crippen molar-refractivity contribution in [2.45, 2.75) is 89.4 Å². The quantitative estimate of drug-likeness (QED) is 0.0320. The maximum absolute atomic E-state index is 14.3. The van der Waals surface area contributed by atoms with Crippen molar-refractivity contribution in [3.05, 3.63) is 128 Å². The van der Waals surface area contributed by atoms with Gasteiger partial charge in [0.1, 0.15) is 18.1 Å². The van der Waals surface area contributed by atoms with E-state index in [0.29, 0.717) is 129 Å². The third-order valence-corrected chi connectivity index (χ3v) is 16.3. The number of aromatic nitrogens is 5. The Hall–Kier alpha value is -6.71. The zero-order valence-electron chi connectivity index (χ0n) is 48.9. The Morgan fingerprint density at radius 2 is 1.44 bits per heavy atom. The summed E-state index contributed by atoms with van der Waals surface area (Å²) in [5.41, 5.74) is 4.09. The molecule has 26 heteroatoms. The average Bonchev–Trinajstić information content (AvgIpc) is 4.36. The van der Waals surface area contributed by atoms with E-state index in [-0.39, 0.29) is 31.2 Å². The number of hydrogen-bond acceptors (Lipinski definition) is 17. The lowest BCUT2D eigenvalue weighted by Gasteiger charge is -2.45. The number of nitrogens with zero attached hydrogens (tertiary/aromatic N) is 9. The van der Waals surface area contributed by atoms with E-state index in [1.807, 2.05) is 42.4 Å². The fourth-order valence-corrected chi connectivity index (χ4v) is 11.0. The molecule has 86 heavy (non-hydrogen) atoms. The number of anilines is 2. The van der Waals surface area contributed by atoms with Crippen molar-refractivity contribution in [2.24, 2.45) is 0 Å². The van der Waals surface area contributed by atoms with E-state index in [0.717, 1.165) is 55.8 Å². The van der Waals surface area contributed by atoms with Gasteiger partial charge in [-0.15, -0.1) is 27.8 Å². The molecule has 1 aliphatic heterocycles. The number of carbonyl (C=O) groups is 4. The number of carbonyl (C=O) groups excluding carboxylic acids is 4. The summed E-state index contributed by atoms with van der Waals surface area (Å²) < 4.78 is 59.4. The summed E-state index contributed by atoms with van der Waals surface area (Å²) in [6.07, 6.45) is 3.88. The molecular formula is C60H77ClF2N12O9S2. The molecule has 3 aromatic heterocycles. The van der Waals surface area contributed by atoms with Gasteiger partial charge in [-0.25, -0.2) is 28.2 Å². The Morgan fingerprint density at radius 3 is 2.16 bits per heavy atom. The van der Waals surface area contributed by atoms with Gasteiger partial charge in [0.2, 0.25) is 17.7 Å². The molecule has 8 rings (SSSR count). The number of likely N-dealkylation sites (N-methyl/N-ethyl adjacent to an activating group) is 2. The monoisotopic (exact) mass is 1250 g/mol. The van der Waals surface area contributed by atoms with Crippen LogP contribution in [0.3, 0.4) is 0 Å². The van der Waals surface area contributed by atoms with E-state index >= 15 is 0 Å². The highest BCUT2D eigenvalue weighted by atomic mass is 35.5. The maximum atomic E-state index is 14.3. The number of urea groups is 1. The van der Waals surface area contributed by atoms with Gasteiger partial charge in [-0.1, -0.05) is 41.1 Å². The van der Waals surface area contributed by atoms with Crippen LogP contribution in [0.25, 0.3) is 0 Å². The van der Waals surface area contributed by atoms with E-state index in [4.69, 9.17) is 35.3 Å². The minimum Gasteiger partial charge on any atom is -0.494 e. The molecule has 2 fully saturated rings. The van der Waals surface area contributed by atoms with Crippen molar-refractivity contribution >= 4 is 68.8 Å². The van der Waals surface area contributed by atoms with Gasteiger partial charge in [0, 0.05) is 98.7 Å². The van der Waals surface area contributed by atoms with Crippen LogP contribution in [0.5, 0.6) is 11.5 Å². The van der Waals surface area contributed by atoms with E-state index < -0.39 is 42.8 Å². The summed E-state index contributed by atoms with van der Waals surface area (Å²) in [5, 5.41) is 22.0. The van der Waals surface area contributed by atoms with Crippen molar-refractivity contribution < 1.29 is 51.6 Å². The Morgan fingerprint density at radius 1 is 0.756 bits per heavy atom. The Kier molecular flexibility index (Phi) is 25.4. The van der Waals surface area contributed by atoms with Gasteiger partial charge in [0.05, 0.1) is 81.3 Å². The summed E-state index contributed by atoms with van der Waals surface area (Å²) in [6, 6.07) is 19.2. The molecule has 21 nitrogen and oxygen atoms in total. The van der Waals surface area contributed by atoms with Crippen LogP contribution in [-0.4, -0.2) is 186 Å². The van der Waals surface area contributed by atoms with Crippen molar-refractivity contribution in [1.29, 1.82) is 0 Å². The zero-order chi connectivity index (χ0) is 60.7. The third kappa shape index (κ3) is 21.6. The minimum absolute atomic E-state index is 0.0264. The molecule has 1 unspecified atom stereocenters. The standard InChI is InChI=1S/C60H77ClF2N12O9S2/c1-43-65-53(42-85-43)56(57(78)64-39-45-6-11-46(61)12-7-45)75(50-37-60(62,63)38-50)54(76)19-10-44-8-15-51(16-9-44)83-28-5-4-21-71(2)26-30-81-33-32-80-29-20-48-40-74(70-69-48)27-31-82-34-35-84-52-17-13-47(14-18-52)66-58(79)68-59-67-49(41-86-59)36-55(77)73-24-22-72(3)23-25-73/h6-9,11-18,40-42,50,56H,4-5,10,19-39H2,1-3H3,(H,64,78)(H2,66,67,68,79). The minimum atomic E-state index is -2.91. The smallest absolute Gasteiger partial charge is 0.325 e. The summed E-state index contributed by atoms with van der Waals surface area (Å²) in [5.74, 6) is -2.39. The topological polar surface area (TPSA) is 220 Å². The van der Waals surface area contributed by atoms with Gasteiger partial charge in [-0.2, -0.15) is 0 Å². The zero-order valence-corrected chi connectivity index (χ0v) is 51.3. The van der Waals surface area contributed by atoms with Crippen LogP contribution in [0.15, 0.2) is 89.8 Å². The molecule has 5 amide bonds. The SMILES string of the molecule is Cc1nc(C(C(=O)NCc2ccc(Cl)cc2)N(C(=O)CCc2ccc(OCCCCN(C)CCOCCOCCc3cn(CCOCCOc4ccc(NC(=O)Nc5nc(CC(=O)N6CCN(C)CC6)cs5)cc4)nn3)cc2)C2CC(F)(F)C2)cs1. The number of unbranched alkanes of at least 4 members (excludes halogenated alkanes) is 1. The first-order valence-corrected chi connectivity index (χ1v) is 31.1. The molecule has 0 spiro atoms. The van der Waals surface area contributed by atoms with Gasteiger partial charge in [-0.05, 0) is 106 Å². The summed E-state index contributed by atoms with van der Waals surface area (Å²) in [6.45, 7) is 11.1. The molecule has 1 aliphatic carbocycles.